The second-order valence-corrected chi connectivity index (χ2v) is 8.92. The molecular weight excluding hydrogens is 358 g/mol. The molecule has 2 saturated heterocycles. The van der Waals surface area contributed by atoms with Crippen molar-refractivity contribution < 1.29 is 9.59 Å². The molecule has 3 atom stereocenters. The van der Waals surface area contributed by atoms with Crippen LogP contribution in [0.25, 0.3) is 0 Å². The third-order valence-corrected chi connectivity index (χ3v) is 6.91. The van der Waals surface area contributed by atoms with Crippen molar-refractivity contribution >= 4 is 23.7 Å². The summed E-state index contributed by atoms with van der Waals surface area (Å²) in [5.41, 5.74) is 0. The summed E-state index contributed by atoms with van der Waals surface area (Å²) in [5.74, 6) is 3.86. The zero-order chi connectivity index (χ0) is 19.3. The second kappa shape index (κ2) is 12.9. The molecule has 2 fully saturated rings. The molecule has 2 heterocycles. The van der Waals surface area contributed by atoms with Gasteiger partial charge >= 0.3 is 6.03 Å². The number of amides is 3. The van der Waals surface area contributed by atoms with Gasteiger partial charge in [0.25, 0.3) is 0 Å². The minimum atomic E-state index is -0.0291. The van der Waals surface area contributed by atoms with Crippen molar-refractivity contribution in [2.75, 3.05) is 12.3 Å². The molecule has 0 aromatic rings. The predicted molar refractivity (Wildman–Crippen MR) is 113 cm³/mol. The van der Waals surface area contributed by atoms with E-state index in [1.54, 1.807) is 0 Å². The van der Waals surface area contributed by atoms with Crippen LogP contribution in [-0.4, -0.2) is 41.6 Å². The van der Waals surface area contributed by atoms with Crippen LogP contribution in [0.2, 0.25) is 0 Å². The standard InChI is InChI=1S/C21H35N3O2S/c1-2-3-4-5-6-7-8-9-12-15-22-19(25)14-11-10-13-18-20-17(16-27-18)23-21(26)24-20/h1,17-18,20H,3-16H2,(H,22,25)(H2,23,24,26). The first-order valence-corrected chi connectivity index (χ1v) is 11.6. The predicted octanol–water partition coefficient (Wildman–Crippen LogP) is 3.58. The van der Waals surface area contributed by atoms with Gasteiger partial charge < -0.3 is 16.0 Å². The number of hydrogen-bond donors (Lipinski definition) is 3. The summed E-state index contributed by atoms with van der Waals surface area (Å²) >= 11 is 1.94. The quantitative estimate of drug-likeness (QED) is 0.240. The van der Waals surface area contributed by atoms with E-state index in [0.717, 1.165) is 50.8 Å². The molecule has 152 valence electrons. The molecule has 0 aromatic heterocycles. The number of hydrogen-bond acceptors (Lipinski definition) is 3. The lowest BCUT2D eigenvalue weighted by molar-refractivity contribution is -0.121. The molecule has 3 amide bonds. The Hall–Kier alpha value is -1.35. The van der Waals surface area contributed by atoms with Gasteiger partial charge in [-0.15, -0.1) is 12.3 Å². The van der Waals surface area contributed by atoms with Gasteiger partial charge in [0.05, 0.1) is 12.1 Å². The van der Waals surface area contributed by atoms with Crippen molar-refractivity contribution in [2.24, 2.45) is 0 Å². The average molecular weight is 394 g/mol. The van der Waals surface area contributed by atoms with Crippen molar-refractivity contribution in [1.82, 2.24) is 16.0 Å². The highest BCUT2D eigenvalue weighted by Crippen LogP contribution is 2.33. The molecule has 0 saturated carbocycles. The number of unbranched alkanes of at least 4 members (excludes halogenated alkanes) is 8. The van der Waals surface area contributed by atoms with Crippen LogP contribution < -0.4 is 16.0 Å². The van der Waals surface area contributed by atoms with Crippen LogP contribution in [0, 0.1) is 12.3 Å². The van der Waals surface area contributed by atoms with Crippen molar-refractivity contribution in [2.45, 2.75) is 94.4 Å². The number of urea groups is 1. The molecule has 0 spiro atoms. The highest BCUT2D eigenvalue weighted by Gasteiger charge is 2.42. The summed E-state index contributed by atoms with van der Waals surface area (Å²) in [4.78, 5) is 23.3. The average Bonchev–Trinajstić information content (AvgIpc) is 3.20. The monoisotopic (exact) mass is 393 g/mol. The van der Waals surface area contributed by atoms with E-state index in [2.05, 4.69) is 21.9 Å². The van der Waals surface area contributed by atoms with Gasteiger partial charge in [0.15, 0.2) is 0 Å². The maximum atomic E-state index is 11.9. The highest BCUT2D eigenvalue weighted by molar-refractivity contribution is 8.00. The molecule has 0 aliphatic carbocycles. The maximum absolute atomic E-state index is 11.9. The fraction of sp³-hybridized carbons (Fsp3) is 0.810. The smallest absolute Gasteiger partial charge is 0.315 e. The van der Waals surface area contributed by atoms with Crippen LogP contribution in [0.1, 0.15) is 77.0 Å². The van der Waals surface area contributed by atoms with E-state index < -0.39 is 0 Å². The van der Waals surface area contributed by atoms with Crippen molar-refractivity contribution in [3.05, 3.63) is 0 Å². The van der Waals surface area contributed by atoms with Gasteiger partial charge in [-0.3, -0.25) is 4.79 Å². The number of nitrogens with one attached hydrogen (secondary N) is 3. The third-order valence-electron chi connectivity index (χ3n) is 5.40. The Labute approximate surface area is 168 Å². The molecule has 3 unspecified atom stereocenters. The zero-order valence-electron chi connectivity index (χ0n) is 16.4. The van der Waals surface area contributed by atoms with Gasteiger partial charge in [-0.25, -0.2) is 4.79 Å². The van der Waals surface area contributed by atoms with Gasteiger partial charge in [0, 0.05) is 30.4 Å². The third kappa shape index (κ3) is 8.47. The van der Waals surface area contributed by atoms with Crippen LogP contribution in [-0.2, 0) is 4.79 Å². The first kappa shape index (κ1) is 21.9. The van der Waals surface area contributed by atoms with E-state index >= 15 is 0 Å². The first-order chi connectivity index (χ1) is 13.2. The van der Waals surface area contributed by atoms with Crippen LogP contribution in [0.4, 0.5) is 4.79 Å². The number of carbonyl (C=O) groups excluding carboxylic acids is 2. The van der Waals surface area contributed by atoms with E-state index in [9.17, 15) is 9.59 Å². The fourth-order valence-corrected chi connectivity index (χ4v) is 5.37. The lowest BCUT2D eigenvalue weighted by Crippen LogP contribution is -2.36. The lowest BCUT2D eigenvalue weighted by atomic mass is 10.0. The van der Waals surface area contributed by atoms with Crippen LogP contribution >= 0.6 is 11.8 Å². The van der Waals surface area contributed by atoms with E-state index in [-0.39, 0.29) is 18.0 Å². The molecule has 2 aliphatic rings. The molecule has 2 aliphatic heterocycles. The molecule has 0 aromatic carbocycles. The normalized spacial score (nSPS) is 23.4. The maximum Gasteiger partial charge on any atom is 0.315 e. The number of terminal acetylenes is 1. The Kier molecular flexibility index (Phi) is 10.5. The van der Waals surface area contributed by atoms with Crippen LogP contribution in [0.15, 0.2) is 0 Å². The molecule has 0 radical (unpaired) electrons. The molecule has 5 nitrogen and oxygen atoms in total. The summed E-state index contributed by atoms with van der Waals surface area (Å²) in [6, 6.07) is 0.533. The van der Waals surface area contributed by atoms with E-state index in [1.807, 2.05) is 11.8 Å². The number of carbonyl (C=O) groups is 2. The Bertz CT molecular complexity index is 506. The van der Waals surface area contributed by atoms with E-state index in [4.69, 9.17) is 6.42 Å². The minimum Gasteiger partial charge on any atom is -0.356 e. The Morgan fingerprint density at radius 2 is 1.81 bits per heavy atom. The molecule has 27 heavy (non-hydrogen) atoms. The van der Waals surface area contributed by atoms with Crippen LogP contribution in [0.3, 0.4) is 0 Å². The summed E-state index contributed by atoms with van der Waals surface area (Å²) in [6.45, 7) is 0.801. The van der Waals surface area contributed by atoms with Gasteiger partial charge in [-0.05, 0) is 25.7 Å². The SMILES string of the molecule is C#CCCCCCCCCCNC(=O)CCCCC1SCC2NC(=O)NC21. The molecule has 6 heteroatoms. The fourth-order valence-electron chi connectivity index (χ4n) is 3.83. The summed E-state index contributed by atoms with van der Waals surface area (Å²) in [6.07, 6.45) is 18.3. The lowest BCUT2D eigenvalue weighted by Gasteiger charge is -2.16. The van der Waals surface area contributed by atoms with Crippen LogP contribution in [0.5, 0.6) is 0 Å². The van der Waals surface area contributed by atoms with Crippen molar-refractivity contribution in [1.29, 1.82) is 0 Å². The Morgan fingerprint density at radius 1 is 1.07 bits per heavy atom. The van der Waals surface area contributed by atoms with Gasteiger partial charge in [0.2, 0.25) is 5.91 Å². The molecular formula is C21H35N3O2S. The molecule has 2 rings (SSSR count). The second-order valence-electron chi connectivity index (χ2n) is 7.65. The Balaban J connectivity index is 1.37. The van der Waals surface area contributed by atoms with Gasteiger partial charge in [0.1, 0.15) is 0 Å². The van der Waals surface area contributed by atoms with Gasteiger partial charge in [-0.2, -0.15) is 11.8 Å². The highest BCUT2D eigenvalue weighted by atomic mass is 32.2. The molecule has 0 bridgehead atoms. The van der Waals surface area contributed by atoms with Gasteiger partial charge in [-0.1, -0.05) is 38.5 Å². The largest absolute Gasteiger partial charge is 0.356 e. The molecule has 3 N–H and O–H groups in total. The zero-order valence-corrected chi connectivity index (χ0v) is 17.3. The summed E-state index contributed by atoms with van der Waals surface area (Å²) in [7, 11) is 0. The van der Waals surface area contributed by atoms with Crippen molar-refractivity contribution in [3.8, 4) is 12.3 Å². The Morgan fingerprint density at radius 3 is 2.59 bits per heavy atom. The summed E-state index contributed by atoms with van der Waals surface area (Å²) < 4.78 is 0. The topological polar surface area (TPSA) is 70.2 Å². The number of fused-ring (bicyclic) bond motifs is 1. The van der Waals surface area contributed by atoms with E-state index in [1.165, 1.54) is 32.1 Å². The number of thioether (sulfide) groups is 1. The van der Waals surface area contributed by atoms with Crippen molar-refractivity contribution in [3.63, 3.8) is 0 Å². The summed E-state index contributed by atoms with van der Waals surface area (Å²) in [5, 5.41) is 9.51. The minimum absolute atomic E-state index is 0.0291. The first-order valence-electron chi connectivity index (χ1n) is 10.6. The van der Waals surface area contributed by atoms with E-state index in [0.29, 0.717) is 17.7 Å². The number of rotatable bonds is 14.